The molecule has 0 aliphatic rings. The molecule has 0 N–H and O–H groups in total. The van der Waals surface area contributed by atoms with Gasteiger partial charge in [-0.3, -0.25) is 0 Å². The maximum atomic E-state index is 5.97. The summed E-state index contributed by atoms with van der Waals surface area (Å²) in [6, 6.07) is 118. The van der Waals surface area contributed by atoms with Crippen LogP contribution in [0.25, 0.3) is 169 Å². The highest BCUT2D eigenvalue weighted by Crippen LogP contribution is 2.42. The number of furan rings is 3. The minimum atomic E-state index is 0.500. The fraction of sp³-hybridized carbons (Fsp3) is 0.323. The first-order chi connectivity index (χ1) is 64.6. The van der Waals surface area contributed by atoms with Crippen LogP contribution in [0, 0.1) is 32.5 Å². The highest BCUT2D eigenvalue weighted by Gasteiger charge is 2.14. The van der Waals surface area contributed by atoms with Crippen molar-refractivity contribution < 1.29 is 13.3 Å². The first kappa shape index (κ1) is 115. The van der Waals surface area contributed by atoms with Gasteiger partial charge in [-0.1, -0.05) is 522 Å². The molecule has 0 fully saturated rings. The zero-order valence-electron chi connectivity index (χ0n) is 89.8. The van der Waals surface area contributed by atoms with Gasteiger partial charge in [0, 0.05) is 98.2 Å². The maximum absolute atomic E-state index is 5.97. The van der Waals surface area contributed by atoms with Crippen LogP contribution >= 0.6 is 34.0 Å². The lowest BCUT2D eigenvalue weighted by Gasteiger charge is -2.05. The third-order valence-corrected chi connectivity index (χ3v) is 21.1. The standard InChI is InChI=1S/2C16H10O.2C16H10S.C12H8O.C12H8S.6C5H12.6C2H6/c1-2-6-12-11(5-1)9-10-14-13-7-3-4-8-15(13)17-16(12)14;1-2-6-12-11(5-1)9-10-15-16(12)13-7-3-4-8-14(13)17-15;1-2-6-12-11(5-1)9-10-14-13-7-3-4-8-15(13)17-16(12)14;1-2-6-12-11(5-1)9-10-15-16(12)13-7-3-4-8-14(13)17-15;2*1-3-7-11-9(5-1)10-6-2-4-8-12(10)13-11;6*1-5(2,3)4;6*1-2/h4*1-10H;2*1-8H;6*1-4H3;6*1-2H3. The molecule has 720 valence electrons. The second kappa shape index (κ2) is 55.7. The van der Waals surface area contributed by atoms with Gasteiger partial charge in [-0.25, -0.2) is 0 Å². The summed E-state index contributed by atoms with van der Waals surface area (Å²) in [5.41, 5.74) is 8.79. The largest absolute Gasteiger partial charge is 0.456 e. The Hall–Kier alpha value is -11.4. The van der Waals surface area contributed by atoms with Crippen LogP contribution in [0.2, 0.25) is 0 Å². The van der Waals surface area contributed by atoms with Gasteiger partial charge in [0.1, 0.15) is 33.5 Å². The minimum Gasteiger partial charge on any atom is -0.456 e. The second-order valence-corrected chi connectivity index (χ2v) is 44.4. The average Bonchev–Trinajstić information content (AvgIpc) is 1.61. The van der Waals surface area contributed by atoms with E-state index in [4.69, 9.17) is 13.3 Å². The van der Waals surface area contributed by atoms with E-state index >= 15 is 0 Å². The molecular formula is C130H164O3S3. The van der Waals surface area contributed by atoms with Crippen molar-refractivity contribution in [1.82, 2.24) is 0 Å². The number of para-hydroxylation sites is 4. The summed E-state index contributed by atoms with van der Waals surface area (Å²) in [5.74, 6) is 0. The third kappa shape index (κ3) is 37.3. The molecule has 6 heteroatoms. The summed E-state index contributed by atoms with van der Waals surface area (Å²) in [7, 11) is 0. The quantitative estimate of drug-likeness (QED) is 0.152. The Labute approximate surface area is 831 Å². The van der Waals surface area contributed by atoms with Crippen LogP contribution in [0.5, 0.6) is 0 Å². The second-order valence-electron chi connectivity index (χ2n) is 41.2. The Morgan fingerprint density at radius 1 is 0.147 bits per heavy atom. The zero-order valence-corrected chi connectivity index (χ0v) is 92.2. The highest BCUT2D eigenvalue weighted by molar-refractivity contribution is 7.27. The molecule has 0 aliphatic heterocycles. The normalized spacial score (nSPS) is 10.8. The molecule has 0 saturated heterocycles. The van der Waals surface area contributed by atoms with Gasteiger partial charge in [0.25, 0.3) is 0 Å². The van der Waals surface area contributed by atoms with Crippen molar-refractivity contribution in [2.45, 2.75) is 249 Å². The SMILES string of the molecule is CC.CC.CC.CC.CC.CC.CC(C)(C)C.CC(C)(C)C.CC(C)(C)C.CC(C)(C)C.CC(C)(C)C.CC(C)(C)C.c1ccc2c(c1)ccc1c3ccccc3oc21.c1ccc2c(c1)ccc1c3ccccc3sc21.c1ccc2c(c1)ccc1oc3ccccc3c12.c1ccc2c(c1)ccc1sc3ccccc3c12.c1ccc2c(c1)oc1ccccc12.c1ccc2c(c1)sc1ccccc12. The number of hydrogen-bond donors (Lipinski definition) is 0. The molecule has 6 aromatic heterocycles. The molecule has 0 spiro atoms. The lowest BCUT2D eigenvalue weighted by Crippen LogP contribution is -1.93. The van der Waals surface area contributed by atoms with Gasteiger partial charge in [0.2, 0.25) is 0 Å². The molecular weight excluding hydrogens is 1710 g/mol. The van der Waals surface area contributed by atoms with Gasteiger partial charge in [-0.2, -0.15) is 0 Å². The lowest BCUT2D eigenvalue weighted by atomic mass is 10.0. The molecule has 136 heavy (non-hydrogen) atoms. The fourth-order valence-corrected chi connectivity index (χ4v) is 16.7. The number of thiophene rings is 3. The van der Waals surface area contributed by atoms with E-state index in [-0.39, 0.29) is 0 Å². The van der Waals surface area contributed by atoms with E-state index in [2.05, 4.69) is 439 Å². The van der Waals surface area contributed by atoms with Crippen molar-refractivity contribution in [3.05, 3.63) is 340 Å². The molecule has 0 aliphatic carbocycles. The summed E-state index contributed by atoms with van der Waals surface area (Å²) < 4.78 is 25.8. The molecule has 3 nitrogen and oxygen atoms in total. The fourth-order valence-electron chi connectivity index (χ4n) is 13.2. The Morgan fingerprint density at radius 2 is 0.375 bits per heavy atom. The highest BCUT2D eigenvalue weighted by atomic mass is 32.1. The lowest BCUT2D eigenvalue weighted by molar-refractivity contribution is 0.469. The molecule has 6 heterocycles. The Bertz CT molecular complexity index is 6550. The molecule has 0 radical (unpaired) electrons. The van der Waals surface area contributed by atoms with Gasteiger partial charge >= 0.3 is 0 Å². The van der Waals surface area contributed by atoms with E-state index in [1.54, 1.807) is 0 Å². The van der Waals surface area contributed by atoms with Gasteiger partial charge in [-0.05, 0) is 137 Å². The van der Waals surface area contributed by atoms with Crippen LogP contribution in [0.15, 0.2) is 353 Å². The van der Waals surface area contributed by atoms with Crippen molar-refractivity contribution in [1.29, 1.82) is 0 Å². The predicted octanol–water partition coefficient (Wildman–Crippen LogP) is 46.0. The van der Waals surface area contributed by atoms with Crippen molar-refractivity contribution in [3.8, 4) is 0 Å². The van der Waals surface area contributed by atoms with Crippen LogP contribution in [0.4, 0.5) is 0 Å². The van der Waals surface area contributed by atoms with E-state index in [9.17, 15) is 0 Å². The van der Waals surface area contributed by atoms with E-state index in [0.717, 1.165) is 33.5 Å². The smallest absolute Gasteiger partial charge is 0.143 e. The zero-order chi connectivity index (χ0) is 101. The van der Waals surface area contributed by atoms with Crippen LogP contribution in [-0.2, 0) is 0 Å². The molecule has 0 atom stereocenters. The van der Waals surface area contributed by atoms with Crippen LogP contribution in [-0.4, -0.2) is 0 Å². The van der Waals surface area contributed by atoms with Crippen molar-refractivity contribution in [2.24, 2.45) is 32.5 Å². The minimum absolute atomic E-state index is 0.500. The van der Waals surface area contributed by atoms with Gasteiger partial charge in [0.15, 0.2) is 0 Å². The van der Waals surface area contributed by atoms with E-state index in [1.165, 1.54) is 136 Å². The van der Waals surface area contributed by atoms with Crippen molar-refractivity contribution in [2.75, 3.05) is 0 Å². The molecule has 0 bridgehead atoms. The number of benzene rings is 16. The van der Waals surface area contributed by atoms with Crippen molar-refractivity contribution >= 4 is 203 Å². The average molecular weight is 1870 g/mol. The molecule has 16 aromatic carbocycles. The third-order valence-electron chi connectivity index (χ3n) is 17.6. The number of hydrogen-bond acceptors (Lipinski definition) is 6. The Morgan fingerprint density at radius 3 is 0.772 bits per heavy atom. The van der Waals surface area contributed by atoms with Crippen LogP contribution < -0.4 is 0 Å². The first-order valence-electron chi connectivity index (χ1n) is 49.5. The molecule has 0 saturated carbocycles. The van der Waals surface area contributed by atoms with Crippen LogP contribution in [0.1, 0.15) is 249 Å². The monoisotopic (exact) mass is 1870 g/mol. The Kier molecular flexibility index (Phi) is 47.2. The van der Waals surface area contributed by atoms with E-state index in [1.807, 2.05) is 184 Å². The van der Waals surface area contributed by atoms with Crippen LogP contribution in [0.3, 0.4) is 0 Å². The topological polar surface area (TPSA) is 39.4 Å². The molecule has 0 amide bonds. The molecule has 22 rings (SSSR count). The first-order valence-corrected chi connectivity index (χ1v) is 52.0. The predicted molar refractivity (Wildman–Crippen MR) is 628 cm³/mol. The summed E-state index contributed by atoms with van der Waals surface area (Å²) in [4.78, 5) is 0. The van der Waals surface area contributed by atoms with E-state index < -0.39 is 0 Å². The van der Waals surface area contributed by atoms with Gasteiger partial charge in [-0.15, -0.1) is 34.0 Å². The maximum Gasteiger partial charge on any atom is 0.143 e. The summed E-state index contributed by atoms with van der Waals surface area (Å²) >= 11 is 5.63. The number of fused-ring (bicyclic) bond motifs is 26. The van der Waals surface area contributed by atoms with Gasteiger partial charge in [0.05, 0.1) is 0 Å². The summed E-state index contributed by atoms with van der Waals surface area (Å²) in [5, 5.41) is 25.8. The van der Waals surface area contributed by atoms with Crippen molar-refractivity contribution in [3.63, 3.8) is 0 Å². The number of rotatable bonds is 0. The molecule has 22 aromatic rings. The van der Waals surface area contributed by atoms with E-state index in [0.29, 0.717) is 32.5 Å². The summed E-state index contributed by atoms with van der Waals surface area (Å²) in [6.07, 6.45) is 0. The van der Waals surface area contributed by atoms with Gasteiger partial charge < -0.3 is 13.3 Å². The molecule has 0 unspecified atom stereocenters. The Balaban J connectivity index is 0.000000267. The summed E-state index contributed by atoms with van der Waals surface area (Å²) in [6.45, 7) is 76.5.